The molecule has 1 nitrogen and oxygen atoms in total. The Morgan fingerprint density at radius 2 is 1.59 bits per heavy atom. The average Bonchev–Trinajstić information content (AvgIpc) is 2.27. The lowest BCUT2D eigenvalue weighted by Gasteiger charge is -2.07. The molecule has 2 aromatic rings. The third-order valence-electron chi connectivity index (χ3n) is 2.17. The largest absolute Gasteiger partial charge is 0.350 e. The molecule has 0 saturated carbocycles. The van der Waals surface area contributed by atoms with Gasteiger partial charge in [-0.3, -0.25) is 0 Å². The molecule has 0 bridgehead atoms. The number of pyridine rings is 1. The maximum absolute atomic E-state index is 13.2. The van der Waals surface area contributed by atoms with E-state index in [1.165, 1.54) is 18.3 Å². The molecule has 88 valence electrons. The molecule has 0 aliphatic carbocycles. The highest BCUT2D eigenvalue weighted by molar-refractivity contribution is 7.71. The van der Waals surface area contributed by atoms with Crippen LogP contribution in [0.1, 0.15) is 0 Å². The SMILES string of the molecule is Fc1c[nH]c(=S)c(-c2cc(Cl)c(Cl)cc2Cl)c1. The van der Waals surface area contributed by atoms with Gasteiger partial charge >= 0.3 is 0 Å². The Hall–Kier alpha value is -0.610. The maximum atomic E-state index is 13.2. The Morgan fingerprint density at radius 3 is 2.29 bits per heavy atom. The van der Waals surface area contributed by atoms with E-state index in [-0.39, 0.29) is 0 Å². The average molecular weight is 309 g/mol. The molecule has 1 aromatic carbocycles. The van der Waals surface area contributed by atoms with E-state index in [0.717, 1.165) is 0 Å². The van der Waals surface area contributed by atoms with Crippen molar-refractivity contribution in [3.63, 3.8) is 0 Å². The van der Waals surface area contributed by atoms with E-state index in [1.807, 2.05) is 0 Å². The first-order valence-corrected chi connectivity index (χ1v) is 6.06. The van der Waals surface area contributed by atoms with E-state index in [1.54, 1.807) is 6.07 Å². The van der Waals surface area contributed by atoms with Crippen LogP contribution < -0.4 is 0 Å². The van der Waals surface area contributed by atoms with Crippen LogP contribution in [-0.2, 0) is 0 Å². The van der Waals surface area contributed by atoms with Gasteiger partial charge in [-0.05, 0) is 18.2 Å². The first-order chi connectivity index (χ1) is 7.99. The highest BCUT2D eigenvalue weighted by atomic mass is 35.5. The monoisotopic (exact) mass is 307 g/mol. The highest BCUT2D eigenvalue weighted by Crippen LogP contribution is 2.35. The van der Waals surface area contributed by atoms with Crippen LogP contribution in [0.25, 0.3) is 11.1 Å². The molecule has 17 heavy (non-hydrogen) atoms. The van der Waals surface area contributed by atoms with Crippen LogP contribution in [0.2, 0.25) is 15.1 Å². The molecule has 1 N–H and O–H groups in total. The van der Waals surface area contributed by atoms with Crippen LogP contribution in [-0.4, -0.2) is 4.98 Å². The zero-order valence-corrected chi connectivity index (χ0v) is 11.3. The molecule has 0 aliphatic heterocycles. The topological polar surface area (TPSA) is 15.8 Å². The van der Waals surface area contributed by atoms with Crippen LogP contribution in [0.15, 0.2) is 24.4 Å². The third kappa shape index (κ3) is 2.63. The molecule has 0 fully saturated rings. The summed E-state index contributed by atoms with van der Waals surface area (Å²) in [6.07, 6.45) is 1.18. The smallest absolute Gasteiger partial charge is 0.139 e. The summed E-state index contributed by atoms with van der Waals surface area (Å²) in [5, 5.41) is 1.04. The maximum Gasteiger partial charge on any atom is 0.139 e. The lowest BCUT2D eigenvalue weighted by Crippen LogP contribution is -1.87. The predicted molar refractivity (Wildman–Crippen MR) is 72.1 cm³/mol. The lowest BCUT2D eigenvalue weighted by atomic mass is 10.1. The standard InChI is InChI=1S/C11H5Cl3FNS/c12-8-3-10(14)9(13)2-6(8)7-1-5(15)4-16-11(7)17/h1-4H,(H,16,17). The fourth-order valence-electron chi connectivity index (χ4n) is 1.39. The minimum atomic E-state index is -0.435. The van der Waals surface area contributed by atoms with E-state index in [2.05, 4.69) is 4.98 Å². The molecular weight excluding hydrogens is 304 g/mol. The summed E-state index contributed by atoms with van der Waals surface area (Å²) in [5.74, 6) is -0.435. The van der Waals surface area contributed by atoms with Crippen molar-refractivity contribution in [2.45, 2.75) is 0 Å². The number of halogens is 4. The van der Waals surface area contributed by atoms with Crippen molar-refractivity contribution in [2.75, 3.05) is 0 Å². The number of aromatic nitrogens is 1. The van der Waals surface area contributed by atoms with E-state index in [4.69, 9.17) is 47.0 Å². The highest BCUT2D eigenvalue weighted by Gasteiger charge is 2.10. The van der Waals surface area contributed by atoms with Crippen molar-refractivity contribution < 1.29 is 4.39 Å². The summed E-state index contributed by atoms with van der Waals surface area (Å²) < 4.78 is 13.5. The molecule has 1 aromatic heterocycles. The molecule has 0 spiro atoms. The van der Waals surface area contributed by atoms with Gasteiger partial charge in [0.25, 0.3) is 0 Å². The van der Waals surface area contributed by atoms with Gasteiger partial charge in [0.1, 0.15) is 10.5 Å². The molecule has 0 unspecified atom stereocenters. The van der Waals surface area contributed by atoms with Crippen molar-refractivity contribution in [2.24, 2.45) is 0 Å². The Labute approximate surface area is 117 Å². The van der Waals surface area contributed by atoms with Gasteiger partial charge in [0.2, 0.25) is 0 Å². The quantitative estimate of drug-likeness (QED) is 0.542. The molecular formula is C11H5Cl3FNS. The summed E-state index contributed by atoms with van der Waals surface area (Å²) in [6.45, 7) is 0. The van der Waals surface area contributed by atoms with E-state index in [0.29, 0.717) is 30.8 Å². The van der Waals surface area contributed by atoms with E-state index >= 15 is 0 Å². The predicted octanol–water partition coefficient (Wildman–Crippen LogP) is 5.51. The molecule has 1 heterocycles. The number of aromatic amines is 1. The molecule has 0 amide bonds. The van der Waals surface area contributed by atoms with Gasteiger partial charge < -0.3 is 4.98 Å². The summed E-state index contributed by atoms with van der Waals surface area (Å²) in [7, 11) is 0. The summed E-state index contributed by atoms with van der Waals surface area (Å²) in [6, 6.07) is 4.36. The van der Waals surface area contributed by atoms with Crippen molar-refractivity contribution in [1.82, 2.24) is 4.98 Å². The zero-order valence-electron chi connectivity index (χ0n) is 8.23. The number of rotatable bonds is 1. The normalized spacial score (nSPS) is 10.6. The molecule has 0 aliphatic rings. The first-order valence-electron chi connectivity index (χ1n) is 4.52. The summed E-state index contributed by atoms with van der Waals surface area (Å²) in [4.78, 5) is 2.63. The second-order valence-corrected chi connectivity index (χ2v) is 4.94. The van der Waals surface area contributed by atoms with Crippen LogP contribution in [0.4, 0.5) is 4.39 Å². The van der Waals surface area contributed by atoms with Crippen LogP contribution in [0.5, 0.6) is 0 Å². The number of nitrogens with one attached hydrogen (secondary N) is 1. The molecule has 6 heteroatoms. The van der Waals surface area contributed by atoms with Gasteiger partial charge in [-0.25, -0.2) is 4.39 Å². The number of H-pyrrole nitrogens is 1. The van der Waals surface area contributed by atoms with Crippen molar-refractivity contribution in [3.8, 4) is 11.1 Å². The second kappa shape index (κ2) is 4.94. The van der Waals surface area contributed by atoms with Gasteiger partial charge in [0.15, 0.2) is 0 Å². The van der Waals surface area contributed by atoms with Crippen molar-refractivity contribution in [1.29, 1.82) is 0 Å². The van der Waals surface area contributed by atoms with Gasteiger partial charge in [0.05, 0.1) is 15.1 Å². The van der Waals surface area contributed by atoms with Gasteiger partial charge in [-0.15, -0.1) is 0 Å². The number of hydrogen-bond acceptors (Lipinski definition) is 1. The molecule has 0 radical (unpaired) electrons. The first kappa shape index (κ1) is 12.8. The Bertz CT molecular complexity index is 639. The van der Waals surface area contributed by atoms with Gasteiger partial charge in [-0.2, -0.15) is 0 Å². The third-order valence-corrected chi connectivity index (χ3v) is 3.54. The van der Waals surface area contributed by atoms with Crippen LogP contribution >= 0.6 is 47.0 Å². The van der Waals surface area contributed by atoms with Crippen LogP contribution in [0, 0.1) is 10.5 Å². The Balaban J connectivity index is 2.72. The second-order valence-electron chi connectivity index (χ2n) is 3.31. The Kier molecular flexibility index (Phi) is 3.73. The molecule has 0 atom stereocenters. The van der Waals surface area contributed by atoms with Gasteiger partial charge in [0, 0.05) is 17.3 Å². The Morgan fingerprint density at radius 1 is 0.941 bits per heavy atom. The number of benzene rings is 1. The fourth-order valence-corrected chi connectivity index (χ4v) is 2.26. The van der Waals surface area contributed by atoms with Crippen molar-refractivity contribution >= 4 is 47.0 Å². The molecule has 2 rings (SSSR count). The zero-order chi connectivity index (χ0) is 12.6. The van der Waals surface area contributed by atoms with E-state index in [9.17, 15) is 4.39 Å². The van der Waals surface area contributed by atoms with Crippen molar-refractivity contribution in [3.05, 3.63) is 49.9 Å². The summed E-state index contributed by atoms with van der Waals surface area (Å²) >= 11 is 22.8. The van der Waals surface area contributed by atoms with Gasteiger partial charge in [-0.1, -0.05) is 47.0 Å². The van der Waals surface area contributed by atoms with E-state index < -0.39 is 5.82 Å². The minimum Gasteiger partial charge on any atom is -0.350 e. The molecule has 0 saturated heterocycles. The fraction of sp³-hybridized carbons (Fsp3) is 0. The number of hydrogen-bond donors (Lipinski definition) is 1. The summed E-state index contributed by atoms with van der Waals surface area (Å²) in [5.41, 5.74) is 1.02. The van der Waals surface area contributed by atoms with Crippen LogP contribution in [0.3, 0.4) is 0 Å². The minimum absolute atomic E-state index is 0.338. The lowest BCUT2D eigenvalue weighted by molar-refractivity contribution is 0.621.